The van der Waals surface area contributed by atoms with Crippen LogP contribution in [-0.4, -0.2) is 12.5 Å². The molecule has 0 aromatic rings. The standard InChI is InChI=1S/C12H23NO/c1-12(2,3)8-11(14)13-9-10-6-4-5-7-10/h10H,4-9H2,1-3H3,(H,13,14). The van der Waals surface area contributed by atoms with Crippen LogP contribution in [0.2, 0.25) is 0 Å². The molecule has 0 atom stereocenters. The normalized spacial score (nSPS) is 18.5. The summed E-state index contributed by atoms with van der Waals surface area (Å²) in [6.45, 7) is 7.20. The van der Waals surface area contributed by atoms with Crippen molar-refractivity contribution in [2.45, 2.75) is 52.9 Å². The van der Waals surface area contributed by atoms with Crippen molar-refractivity contribution in [3.05, 3.63) is 0 Å². The summed E-state index contributed by atoms with van der Waals surface area (Å²) in [5.41, 5.74) is 0.111. The second-order valence-electron chi connectivity index (χ2n) is 5.69. The number of hydrogen-bond acceptors (Lipinski definition) is 1. The fraction of sp³-hybridized carbons (Fsp3) is 0.917. The van der Waals surface area contributed by atoms with Gasteiger partial charge in [0.15, 0.2) is 0 Å². The van der Waals surface area contributed by atoms with Crippen LogP contribution in [0.15, 0.2) is 0 Å². The van der Waals surface area contributed by atoms with Gasteiger partial charge in [0.25, 0.3) is 0 Å². The van der Waals surface area contributed by atoms with Gasteiger partial charge in [0.1, 0.15) is 0 Å². The first kappa shape index (κ1) is 11.5. The van der Waals surface area contributed by atoms with Gasteiger partial charge >= 0.3 is 0 Å². The highest BCUT2D eigenvalue weighted by atomic mass is 16.1. The first-order valence-electron chi connectivity index (χ1n) is 5.74. The first-order chi connectivity index (χ1) is 6.47. The van der Waals surface area contributed by atoms with E-state index >= 15 is 0 Å². The molecule has 0 unspecified atom stereocenters. The van der Waals surface area contributed by atoms with Gasteiger partial charge in [0.05, 0.1) is 0 Å². The number of carbonyl (C=O) groups is 1. The predicted octanol–water partition coefficient (Wildman–Crippen LogP) is 2.73. The smallest absolute Gasteiger partial charge is 0.220 e. The molecule has 14 heavy (non-hydrogen) atoms. The van der Waals surface area contributed by atoms with E-state index in [1.54, 1.807) is 0 Å². The lowest BCUT2D eigenvalue weighted by atomic mass is 9.92. The largest absolute Gasteiger partial charge is 0.356 e. The molecular formula is C12H23NO. The average Bonchev–Trinajstić information content (AvgIpc) is 2.49. The lowest BCUT2D eigenvalue weighted by Crippen LogP contribution is -2.31. The number of rotatable bonds is 3. The Morgan fingerprint density at radius 1 is 1.29 bits per heavy atom. The Hall–Kier alpha value is -0.530. The van der Waals surface area contributed by atoms with Crippen LogP contribution < -0.4 is 5.32 Å². The molecule has 2 nitrogen and oxygen atoms in total. The van der Waals surface area contributed by atoms with Crippen LogP contribution in [0, 0.1) is 11.3 Å². The lowest BCUT2D eigenvalue weighted by Gasteiger charge is -2.18. The molecule has 0 aromatic heterocycles. The van der Waals surface area contributed by atoms with Crippen molar-refractivity contribution in [1.82, 2.24) is 5.32 Å². The van der Waals surface area contributed by atoms with Gasteiger partial charge in [-0.15, -0.1) is 0 Å². The van der Waals surface area contributed by atoms with Crippen molar-refractivity contribution < 1.29 is 4.79 Å². The zero-order valence-corrected chi connectivity index (χ0v) is 9.73. The number of carbonyl (C=O) groups excluding carboxylic acids is 1. The Labute approximate surface area is 87.5 Å². The zero-order valence-electron chi connectivity index (χ0n) is 9.73. The summed E-state index contributed by atoms with van der Waals surface area (Å²) >= 11 is 0. The van der Waals surface area contributed by atoms with E-state index in [0.29, 0.717) is 6.42 Å². The number of hydrogen-bond donors (Lipinski definition) is 1. The minimum Gasteiger partial charge on any atom is -0.356 e. The fourth-order valence-electron chi connectivity index (χ4n) is 2.02. The zero-order chi connectivity index (χ0) is 10.6. The highest BCUT2D eigenvalue weighted by Crippen LogP contribution is 2.24. The Bertz CT molecular complexity index is 187. The molecule has 1 aliphatic carbocycles. The highest BCUT2D eigenvalue weighted by molar-refractivity contribution is 5.76. The third-order valence-corrected chi connectivity index (χ3v) is 2.75. The first-order valence-corrected chi connectivity index (χ1v) is 5.74. The summed E-state index contributed by atoms with van der Waals surface area (Å²) < 4.78 is 0. The Balaban J connectivity index is 2.14. The average molecular weight is 197 g/mol. The molecule has 1 saturated carbocycles. The van der Waals surface area contributed by atoms with Crippen LogP contribution in [-0.2, 0) is 4.79 Å². The van der Waals surface area contributed by atoms with Gasteiger partial charge in [-0.1, -0.05) is 33.6 Å². The molecule has 0 bridgehead atoms. The van der Waals surface area contributed by atoms with E-state index < -0.39 is 0 Å². The summed E-state index contributed by atoms with van der Waals surface area (Å²) in [6.07, 6.45) is 5.94. The monoisotopic (exact) mass is 197 g/mol. The maximum atomic E-state index is 11.5. The molecule has 0 saturated heterocycles. The Morgan fingerprint density at radius 2 is 1.86 bits per heavy atom. The summed E-state index contributed by atoms with van der Waals surface area (Å²) in [5, 5.41) is 3.04. The molecule has 2 heteroatoms. The molecular weight excluding hydrogens is 174 g/mol. The fourth-order valence-corrected chi connectivity index (χ4v) is 2.02. The van der Waals surface area contributed by atoms with E-state index in [0.717, 1.165) is 12.5 Å². The molecule has 0 heterocycles. The van der Waals surface area contributed by atoms with Gasteiger partial charge in [-0.3, -0.25) is 4.79 Å². The maximum Gasteiger partial charge on any atom is 0.220 e. The van der Waals surface area contributed by atoms with Gasteiger partial charge in [0.2, 0.25) is 5.91 Å². The van der Waals surface area contributed by atoms with E-state index in [4.69, 9.17) is 0 Å². The predicted molar refractivity (Wildman–Crippen MR) is 59.0 cm³/mol. The molecule has 0 aromatic carbocycles. The third-order valence-electron chi connectivity index (χ3n) is 2.75. The van der Waals surface area contributed by atoms with Crippen molar-refractivity contribution in [1.29, 1.82) is 0 Å². The van der Waals surface area contributed by atoms with Crippen LogP contribution in [0.3, 0.4) is 0 Å². The minimum absolute atomic E-state index is 0.111. The third kappa shape index (κ3) is 4.64. The van der Waals surface area contributed by atoms with Gasteiger partial charge < -0.3 is 5.32 Å². The summed E-state index contributed by atoms with van der Waals surface area (Å²) in [4.78, 5) is 11.5. The maximum absolute atomic E-state index is 11.5. The molecule has 1 N–H and O–H groups in total. The van der Waals surface area contributed by atoms with Crippen LogP contribution >= 0.6 is 0 Å². The quantitative estimate of drug-likeness (QED) is 0.740. The molecule has 0 aliphatic heterocycles. The van der Waals surface area contributed by atoms with Crippen LogP contribution in [0.1, 0.15) is 52.9 Å². The van der Waals surface area contributed by atoms with Crippen molar-refractivity contribution in [3.8, 4) is 0 Å². The molecule has 1 amide bonds. The molecule has 82 valence electrons. The Morgan fingerprint density at radius 3 is 2.36 bits per heavy atom. The molecule has 0 radical (unpaired) electrons. The van der Waals surface area contributed by atoms with E-state index in [2.05, 4.69) is 26.1 Å². The molecule has 0 spiro atoms. The van der Waals surface area contributed by atoms with Crippen molar-refractivity contribution >= 4 is 5.91 Å². The SMILES string of the molecule is CC(C)(C)CC(=O)NCC1CCCC1. The van der Waals surface area contributed by atoms with Crippen LogP contribution in [0.25, 0.3) is 0 Å². The van der Waals surface area contributed by atoms with Crippen molar-refractivity contribution in [2.24, 2.45) is 11.3 Å². The summed E-state index contributed by atoms with van der Waals surface area (Å²) in [6, 6.07) is 0. The van der Waals surface area contributed by atoms with Gasteiger partial charge in [-0.2, -0.15) is 0 Å². The number of nitrogens with one attached hydrogen (secondary N) is 1. The van der Waals surface area contributed by atoms with E-state index in [1.165, 1.54) is 25.7 Å². The van der Waals surface area contributed by atoms with E-state index in [1.807, 2.05) is 0 Å². The van der Waals surface area contributed by atoms with Crippen LogP contribution in [0.4, 0.5) is 0 Å². The Kier molecular flexibility index (Phi) is 3.97. The molecule has 1 rings (SSSR count). The van der Waals surface area contributed by atoms with E-state index in [-0.39, 0.29) is 11.3 Å². The topological polar surface area (TPSA) is 29.1 Å². The number of amides is 1. The molecule has 1 fully saturated rings. The van der Waals surface area contributed by atoms with Crippen molar-refractivity contribution in [3.63, 3.8) is 0 Å². The van der Waals surface area contributed by atoms with E-state index in [9.17, 15) is 4.79 Å². The van der Waals surface area contributed by atoms with Crippen LogP contribution in [0.5, 0.6) is 0 Å². The van der Waals surface area contributed by atoms with Gasteiger partial charge in [0, 0.05) is 13.0 Å². The van der Waals surface area contributed by atoms with Crippen molar-refractivity contribution in [2.75, 3.05) is 6.54 Å². The molecule has 1 aliphatic rings. The lowest BCUT2D eigenvalue weighted by molar-refractivity contribution is -0.122. The minimum atomic E-state index is 0.111. The summed E-state index contributed by atoms with van der Waals surface area (Å²) in [5.74, 6) is 0.961. The highest BCUT2D eigenvalue weighted by Gasteiger charge is 2.18. The van der Waals surface area contributed by atoms with Gasteiger partial charge in [-0.05, 0) is 24.2 Å². The second-order valence-corrected chi connectivity index (χ2v) is 5.69. The summed E-state index contributed by atoms with van der Waals surface area (Å²) in [7, 11) is 0. The second kappa shape index (κ2) is 4.81. The van der Waals surface area contributed by atoms with Gasteiger partial charge in [-0.25, -0.2) is 0 Å².